The summed E-state index contributed by atoms with van der Waals surface area (Å²) in [6.45, 7) is 1.73. The molecule has 13 heavy (non-hydrogen) atoms. The second-order valence-electron chi connectivity index (χ2n) is 2.58. The van der Waals surface area contributed by atoms with Gasteiger partial charge in [0.05, 0.1) is 17.7 Å². The summed E-state index contributed by atoms with van der Waals surface area (Å²) in [7, 11) is 0. The highest BCUT2D eigenvalue weighted by molar-refractivity contribution is 6.71. The minimum absolute atomic E-state index is 0.0243. The van der Waals surface area contributed by atoms with Gasteiger partial charge in [-0.2, -0.15) is 0 Å². The van der Waals surface area contributed by atoms with Crippen molar-refractivity contribution in [2.75, 3.05) is 0 Å². The molecular weight excluding hydrogens is 194 g/mol. The van der Waals surface area contributed by atoms with Crippen molar-refractivity contribution in [2.24, 2.45) is 4.99 Å². The Morgan fingerprint density at radius 2 is 2.31 bits per heavy atom. The Balaban J connectivity index is 3.15. The number of hydrogen-bond donors (Lipinski definition) is 1. The molecule has 0 saturated carbocycles. The average Bonchev–Trinajstić information content (AvgIpc) is 2.01. The molecule has 1 heterocycles. The van der Waals surface area contributed by atoms with Crippen molar-refractivity contribution >= 4 is 28.5 Å². The molecule has 1 amide bonds. The molecule has 0 atom stereocenters. The zero-order valence-corrected chi connectivity index (χ0v) is 7.76. The van der Waals surface area contributed by atoms with Crippen LogP contribution >= 0.6 is 11.6 Å². The van der Waals surface area contributed by atoms with Crippen LogP contribution in [0.1, 0.15) is 19.8 Å². The lowest BCUT2D eigenvalue weighted by Crippen LogP contribution is -2.19. The van der Waals surface area contributed by atoms with Gasteiger partial charge in [-0.05, 0) is 18.0 Å². The van der Waals surface area contributed by atoms with E-state index in [0.29, 0.717) is 6.42 Å². The fourth-order valence-corrected chi connectivity index (χ4v) is 1.35. The lowest BCUT2D eigenvalue weighted by molar-refractivity contribution is -0.117. The fourth-order valence-electron chi connectivity index (χ4n) is 1.13. The predicted octanol–water partition coefficient (Wildman–Crippen LogP) is 1.35. The molecule has 0 fully saturated rings. The maximum atomic E-state index is 10.9. The third kappa shape index (κ3) is 1.95. The normalized spacial score (nSPS) is 17.4. The Bertz CT molecular complexity index is 330. The van der Waals surface area contributed by atoms with Gasteiger partial charge in [0.1, 0.15) is 5.76 Å². The van der Waals surface area contributed by atoms with E-state index in [1.807, 2.05) is 0 Å². The summed E-state index contributed by atoms with van der Waals surface area (Å²) in [5.41, 5.74) is 0.234. The molecule has 0 radical (unpaired) electrons. The third-order valence-corrected chi connectivity index (χ3v) is 1.88. The first kappa shape index (κ1) is 9.92. The highest BCUT2D eigenvalue weighted by Crippen LogP contribution is 2.19. The van der Waals surface area contributed by atoms with Crippen molar-refractivity contribution in [1.29, 1.82) is 0 Å². The van der Waals surface area contributed by atoms with E-state index in [9.17, 15) is 14.7 Å². The van der Waals surface area contributed by atoms with Crippen molar-refractivity contribution in [3.8, 4) is 0 Å². The van der Waals surface area contributed by atoms with Crippen molar-refractivity contribution in [1.82, 2.24) is 0 Å². The van der Waals surface area contributed by atoms with Gasteiger partial charge in [0, 0.05) is 0 Å². The van der Waals surface area contributed by atoms with Gasteiger partial charge in [-0.15, -0.1) is 0 Å². The lowest BCUT2D eigenvalue weighted by Gasteiger charge is -2.11. The van der Waals surface area contributed by atoms with Crippen LogP contribution < -0.4 is 0 Å². The van der Waals surface area contributed by atoms with Crippen molar-refractivity contribution in [3.05, 3.63) is 11.3 Å². The van der Waals surface area contributed by atoms with Crippen LogP contribution in [0.3, 0.4) is 0 Å². The van der Waals surface area contributed by atoms with Crippen LogP contribution in [0.25, 0.3) is 0 Å². The van der Waals surface area contributed by atoms with E-state index in [1.54, 1.807) is 6.92 Å². The molecule has 0 spiro atoms. The van der Waals surface area contributed by atoms with Gasteiger partial charge < -0.3 is 5.11 Å². The predicted molar refractivity (Wildman–Crippen MR) is 47.9 cm³/mol. The molecule has 4 nitrogen and oxygen atoms in total. The van der Waals surface area contributed by atoms with Crippen LogP contribution in [-0.4, -0.2) is 22.0 Å². The van der Waals surface area contributed by atoms with Crippen LogP contribution in [-0.2, 0) is 9.59 Å². The monoisotopic (exact) mass is 201 g/mol. The number of nitrogens with zero attached hydrogens (tertiary/aromatic N) is 1. The number of carbonyl (C=O) groups is 2. The van der Waals surface area contributed by atoms with E-state index in [1.165, 1.54) is 0 Å². The highest BCUT2D eigenvalue weighted by atomic mass is 35.5. The molecule has 0 aromatic carbocycles. The summed E-state index contributed by atoms with van der Waals surface area (Å²) in [5.74, 6) is -0.729. The lowest BCUT2D eigenvalue weighted by atomic mass is 10.0. The zero-order valence-electron chi connectivity index (χ0n) is 7.00. The number of rotatable bonds is 2. The van der Waals surface area contributed by atoms with E-state index in [-0.39, 0.29) is 23.5 Å². The van der Waals surface area contributed by atoms with Crippen molar-refractivity contribution in [3.63, 3.8) is 0 Å². The van der Waals surface area contributed by atoms with Gasteiger partial charge in [0.15, 0.2) is 0 Å². The van der Waals surface area contributed by atoms with Crippen LogP contribution in [0, 0.1) is 0 Å². The first-order valence-electron chi connectivity index (χ1n) is 3.79. The topological polar surface area (TPSA) is 66.7 Å². The Morgan fingerprint density at radius 3 is 2.77 bits per heavy atom. The Hall–Kier alpha value is -1.16. The van der Waals surface area contributed by atoms with Gasteiger partial charge in [0.2, 0.25) is 0 Å². The third-order valence-electron chi connectivity index (χ3n) is 1.69. The molecule has 0 unspecified atom stereocenters. The Labute approximate surface area is 79.9 Å². The SMILES string of the molecule is CCC1=NC(=O)CC(O)=C1C(=O)Cl. The van der Waals surface area contributed by atoms with Crippen molar-refractivity contribution < 1.29 is 14.7 Å². The van der Waals surface area contributed by atoms with Crippen LogP contribution in [0.2, 0.25) is 0 Å². The van der Waals surface area contributed by atoms with E-state index < -0.39 is 11.1 Å². The number of aliphatic hydroxyl groups is 1. The average molecular weight is 202 g/mol. The van der Waals surface area contributed by atoms with Gasteiger partial charge in [-0.25, -0.2) is 4.99 Å². The second-order valence-corrected chi connectivity index (χ2v) is 2.92. The van der Waals surface area contributed by atoms with Crippen LogP contribution in [0.5, 0.6) is 0 Å². The Morgan fingerprint density at radius 1 is 1.69 bits per heavy atom. The molecule has 1 aliphatic heterocycles. The summed E-state index contributed by atoms with van der Waals surface area (Å²) in [4.78, 5) is 25.3. The molecule has 1 rings (SSSR count). The quantitative estimate of drug-likeness (QED) is 0.686. The van der Waals surface area contributed by atoms with E-state index in [0.717, 1.165) is 0 Å². The maximum absolute atomic E-state index is 10.9. The summed E-state index contributed by atoms with van der Waals surface area (Å²) < 4.78 is 0. The van der Waals surface area contributed by atoms with E-state index >= 15 is 0 Å². The van der Waals surface area contributed by atoms with Crippen LogP contribution in [0.4, 0.5) is 0 Å². The van der Waals surface area contributed by atoms with Gasteiger partial charge in [-0.3, -0.25) is 9.59 Å². The fraction of sp³-hybridized carbons (Fsp3) is 0.375. The summed E-state index contributed by atoms with van der Waals surface area (Å²) in [5, 5.41) is 8.51. The molecule has 0 saturated heterocycles. The molecule has 70 valence electrons. The standard InChI is InChI=1S/C8H8ClNO3/c1-2-4-7(8(9)13)5(11)3-6(12)10-4/h11H,2-3H2,1H3. The summed E-state index contributed by atoms with van der Waals surface area (Å²) in [6.07, 6.45) is 0.154. The number of dihydropyridines is 1. The zero-order chi connectivity index (χ0) is 10.0. The maximum Gasteiger partial charge on any atom is 0.257 e. The van der Waals surface area contributed by atoms with E-state index in [2.05, 4.69) is 4.99 Å². The molecule has 0 aliphatic carbocycles. The molecule has 0 aromatic rings. The minimum atomic E-state index is -0.773. The van der Waals surface area contributed by atoms with Gasteiger partial charge in [0.25, 0.3) is 11.1 Å². The number of allylic oxidation sites excluding steroid dienone is 1. The smallest absolute Gasteiger partial charge is 0.257 e. The molecule has 0 aromatic heterocycles. The summed E-state index contributed by atoms with van der Waals surface area (Å²) >= 11 is 5.22. The van der Waals surface area contributed by atoms with Gasteiger partial charge in [-0.1, -0.05) is 6.92 Å². The highest BCUT2D eigenvalue weighted by Gasteiger charge is 2.24. The molecule has 0 bridgehead atoms. The van der Waals surface area contributed by atoms with Crippen molar-refractivity contribution in [2.45, 2.75) is 19.8 Å². The Kier molecular flexibility index (Phi) is 2.83. The molecule has 1 N–H and O–H groups in total. The molecule has 5 heteroatoms. The second kappa shape index (κ2) is 3.70. The number of amides is 1. The number of carbonyl (C=O) groups excluding carboxylic acids is 2. The minimum Gasteiger partial charge on any atom is -0.511 e. The number of aliphatic hydroxyl groups excluding tert-OH is 1. The number of halogens is 1. The van der Waals surface area contributed by atoms with Crippen LogP contribution in [0.15, 0.2) is 16.3 Å². The molecule has 1 aliphatic rings. The molecular formula is C8H8ClNO3. The number of aliphatic imine (C=N–C) groups is 1. The van der Waals surface area contributed by atoms with E-state index in [4.69, 9.17) is 11.6 Å². The van der Waals surface area contributed by atoms with Gasteiger partial charge >= 0.3 is 0 Å². The summed E-state index contributed by atoms with van der Waals surface area (Å²) in [6, 6.07) is 0. The first-order chi connectivity index (χ1) is 6.06. The number of hydrogen-bond acceptors (Lipinski definition) is 3. The largest absolute Gasteiger partial charge is 0.511 e. The first-order valence-corrected chi connectivity index (χ1v) is 4.16.